The van der Waals surface area contributed by atoms with Crippen LogP contribution in [0.4, 0.5) is 0 Å². The quantitative estimate of drug-likeness (QED) is 0.876. The highest BCUT2D eigenvalue weighted by molar-refractivity contribution is 5.82. The zero-order valence-electron chi connectivity index (χ0n) is 11.6. The maximum atomic E-state index is 10.8. The molecule has 2 aromatic rings. The van der Waals surface area contributed by atoms with E-state index >= 15 is 0 Å². The predicted octanol–water partition coefficient (Wildman–Crippen LogP) is 4.09. The molecule has 0 bridgehead atoms. The van der Waals surface area contributed by atoms with Crippen LogP contribution in [0.3, 0.4) is 0 Å². The summed E-state index contributed by atoms with van der Waals surface area (Å²) in [7, 11) is 0. The van der Waals surface area contributed by atoms with Crippen LogP contribution >= 0.6 is 0 Å². The molecule has 19 heavy (non-hydrogen) atoms. The van der Waals surface area contributed by atoms with Crippen molar-refractivity contribution >= 4 is 10.9 Å². The Morgan fingerprint density at radius 3 is 2.84 bits per heavy atom. The van der Waals surface area contributed by atoms with Crippen molar-refractivity contribution in [3.8, 4) is 0 Å². The van der Waals surface area contributed by atoms with E-state index in [1.807, 2.05) is 24.3 Å². The lowest BCUT2D eigenvalue weighted by atomic mass is 9.76. The zero-order chi connectivity index (χ0) is 13.5. The van der Waals surface area contributed by atoms with E-state index in [9.17, 15) is 5.11 Å². The fourth-order valence-electron chi connectivity index (χ4n) is 3.54. The number of fused-ring (bicyclic) bond motifs is 1. The molecule has 0 saturated heterocycles. The number of hydrogen-bond acceptors (Lipinski definition) is 2. The Hall–Kier alpha value is -1.41. The van der Waals surface area contributed by atoms with E-state index in [-0.39, 0.29) is 11.5 Å². The Bertz CT molecular complexity index is 585. The Labute approximate surface area is 114 Å². The van der Waals surface area contributed by atoms with Gasteiger partial charge >= 0.3 is 0 Å². The lowest BCUT2D eigenvalue weighted by molar-refractivity contribution is 0.0542. The van der Waals surface area contributed by atoms with Gasteiger partial charge in [0.2, 0.25) is 0 Å². The van der Waals surface area contributed by atoms with Gasteiger partial charge in [-0.3, -0.25) is 4.98 Å². The normalized spacial score (nSPS) is 23.6. The molecule has 2 unspecified atom stereocenters. The molecule has 2 nitrogen and oxygen atoms in total. The first kappa shape index (κ1) is 12.6. The van der Waals surface area contributed by atoms with Crippen LogP contribution in [0.15, 0.2) is 36.5 Å². The monoisotopic (exact) mass is 255 g/mol. The van der Waals surface area contributed by atoms with Gasteiger partial charge in [0.05, 0.1) is 11.6 Å². The van der Waals surface area contributed by atoms with E-state index in [0.717, 1.165) is 22.9 Å². The number of benzene rings is 1. The molecule has 1 N–H and O–H groups in total. The number of rotatable bonds is 2. The Balaban J connectivity index is 2.04. The van der Waals surface area contributed by atoms with Crippen molar-refractivity contribution < 1.29 is 5.11 Å². The molecule has 1 aliphatic rings. The number of aliphatic hydroxyl groups is 1. The van der Waals surface area contributed by atoms with Crippen molar-refractivity contribution in [1.82, 2.24) is 4.98 Å². The second-order valence-corrected chi connectivity index (χ2v) is 6.35. The van der Waals surface area contributed by atoms with Crippen molar-refractivity contribution in [2.45, 2.75) is 39.2 Å². The van der Waals surface area contributed by atoms with Crippen molar-refractivity contribution in [2.75, 3.05) is 0 Å². The summed E-state index contributed by atoms with van der Waals surface area (Å²) in [5.74, 6) is 0.346. The smallest absolute Gasteiger partial charge is 0.0829 e. The summed E-state index contributed by atoms with van der Waals surface area (Å²) in [4.78, 5) is 4.38. The molecule has 100 valence electrons. The minimum Gasteiger partial charge on any atom is -0.388 e. The molecule has 1 aromatic heterocycles. The molecule has 1 fully saturated rings. The second-order valence-electron chi connectivity index (χ2n) is 6.35. The van der Waals surface area contributed by atoms with Crippen molar-refractivity contribution in [2.24, 2.45) is 11.3 Å². The predicted molar refractivity (Wildman–Crippen MR) is 77.8 cm³/mol. The van der Waals surface area contributed by atoms with Crippen LogP contribution in [0.1, 0.15) is 44.8 Å². The number of hydrogen-bond donors (Lipinski definition) is 1. The third-order valence-electron chi connectivity index (χ3n) is 4.72. The Kier molecular flexibility index (Phi) is 3.06. The van der Waals surface area contributed by atoms with E-state index < -0.39 is 0 Å². The molecule has 1 heterocycles. The average molecular weight is 255 g/mol. The van der Waals surface area contributed by atoms with Crippen molar-refractivity contribution in [3.05, 3.63) is 42.1 Å². The van der Waals surface area contributed by atoms with E-state index in [2.05, 4.69) is 24.9 Å². The van der Waals surface area contributed by atoms with Gasteiger partial charge in [0.25, 0.3) is 0 Å². The van der Waals surface area contributed by atoms with Gasteiger partial charge in [-0.15, -0.1) is 0 Å². The lowest BCUT2D eigenvalue weighted by Crippen LogP contribution is -2.24. The number of pyridine rings is 1. The molecular formula is C17H21NO. The van der Waals surface area contributed by atoms with Gasteiger partial charge in [0.1, 0.15) is 0 Å². The van der Waals surface area contributed by atoms with Crippen LogP contribution in [0, 0.1) is 11.3 Å². The van der Waals surface area contributed by atoms with Crippen LogP contribution in [0.5, 0.6) is 0 Å². The van der Waals surface area contributed by atoms with Crippen LogP contribution in [-0.2, 0) is 0 Å². The van der Waals surface area contributed by atoms with Crippen molar-refractivity contribution in [1.29, 1.82) is 0 Å². The van der Waals surface area contributed by atoms with Crippen LogP contribution in [-0.4, -0.2) is 10.1 Å². The zero-order valence-corrected chi connectivity index (χ0v) is 11.6. The summed E-state index contributed by atoms with van der Waals surface area (Å²) in [5.41, 5.74) is 2.23. The molecule has 2 heteroatoms. The van der Waals surface area contributed by atoms with Crippen LogP contribution in [0.2, 0.25) is 0 Å². The third-order valence-corrected chi connectivity index (χ3v) is 4.72. The standard InChI is InChI=1S/C17H21NO/c1-17(2)10-4-8-14(17)16(19)13-6-3-9-15-12(13)7-5-11-18-15/h3,5-7,9,11,14,16,19H,4,8,10H2,1-2H3. The maximum Gasteiger partial charge on any atom is 0.0829 e. The molecule has 1 aliphatic carbocycles. The van der Waals surface area contributed by atoms with E-state index in [4.69, 9.17) is 0 Å². The van der Waals surface area contributed by atoms with Gasteiger partial charge in [-0.05, 0) is 41.9 Å². The van der Waals surface area contributed by atoms with Gasteiger partial charge in [0, 0.05) is 11.6 Å². The van der Waals surface area contributed by atoms with Gasteiger partial charge in [-0.25, -0.2) is 0 Å². The molecule has 0 spiro atoms. The molecule has 1 saturated carbocycles. The highest BCUT2D eigenvalue weighted by Gasteiger charge is 2.39. The first-order chi connectivity index (χ1) is 9.09. The highest BCUT2D eigenvalue weighted by Crippen LogP contribution is 2.49. The maximum absolute atomic E-state index is 10.8. The molecule has 1 aromatic carbocycles. The van der Waals surface area contributed by atoms with Gasteiger partial charge < -0.3 is 5.11 Å². The molecule has 3 rings (SSSR count). The first-order valence-corrected chi connectivity index (χ1v) is 7.11. The van der Waals surface area contributed by atoms with E-state index in [1.54, 1.807) is 6.20 Å². The summed E-state index contributed by atoms with van der Waals surface area (Å²) in [6, 6.07) is 10.0. The van der Waals surface area contributed by atoms with Gasteiger partial charge in [0.15, 0.2) is 0 Å². The van der Waals surface area contributed by atoms with E-state index in [1.165, 1.54) is 12.8 Å². The third kappa shape index (κ3) is 2.14. The second kappa shape index (κ2) is 4.61. The van der Waals surface area contributed by atoms with Crippen LogP contribution in [0.25, 0.3) is 10.9 Å². The van der Waals surface area contributed by atoms with Crippen molar-refractivity contribution in [3.63, 3.8) is 0 Å². The van der Waals surface area contributed by atoms with Gasteiger partial charge in [-0.2, -0.15) is 0 Å². The first-order valence-electron chi connectivity index (χ1n) is 7.11. The van der Waals surface area contributed by atoms with Gasteiger partial charge in [-0.1, -0.05) is 38.5 Å². The minimum atomic E-state index is -0.384. The molecule has 2 atom stereocenters. The summed E-state index contributed by atoms with van der Waals surface area (Å²) in [5, 5.41) is 11.9. The average Bonchev–Trinajstić information content (AvgIpc) is 2.77. The minimum absolute atomic E-state index is 0.226. The summed E-state index contributed by atoms with van der Waals surface area (Å²) < 4.78 is 0. The number of aromatic nitrogens is 1. The summed E-state index contributed by atoms with van der Waals surface area (Å²) >= 11 is 0. The Morgan fingerprint density at radius 1 is 1.26 bits per heavy atom. The summed E-state index contributed by atoms with van der Waals surface area (Å²) in [6.07, 6.45) is 4.96. The fraction of sp³-hybridized carbons (Fsp3) is 0.471. The molecule has 0 radical (unpaired) electrons. The summed E-state index contributed by atoms with van der Waals surface area (Å²) in [6.45, 7) is 4.55. The molecule has 0 aliphatic heterocycles. The fourth-order valence-corrected chi connectivity index (χ4v) is 3.54. The topological polar surface area (TPSA) is 33.1 Å². The number of aliphatic hydroxyl groups excluding tert-OH is 1. The highest BCUT2D eigenvalue weighted by atomic mass is 16.3. The SMILES string of the molecule is CC1(C)CCCC1C(O)c1cccc2ncccc12. The largest absolute Gasteiger partial charge is 0.388 e. The lowest BCUT2D eigenvalue weighted by Gasteiger charge is -2.31. The Morgan fingerprint density at radius 2 is 2.11 bits per heavy atom. The molecule has 0 amide bonds. The van der Waals surface area contributed by atoms with Crippen LogP contribution < -0.4 is 0 Å². The number of nitrogens with zero attached hydrogens (tertiary/aromatic N) is 1. The van der Waals surface area contributed by atoms with E-state index in [0.29, 0.717) is 5.92 Å². The molecular weight excluding hydrogens is 234 g/mol.